The van der Waals surface area contributed by atoms with Crippen molar-refractivity contribution in [2.75, 3.05) is 31.8 Å². The number of rotatable bonds is 6. The monoisotopic (exact) mass is 295 g/mol. The highest BCUT2D eigenvalue weighted by atomic mass is 32.1. The second kappa shape index (κ2) is 4.84. The summed E-state index contributed by atoms with van der Waals surface area (Å²) < 4.78 is 5.36. The minimum absolute atomic E-state index is 0.165. The Hall–Kier alpha value is -1.43. The van der Waals surface area contributed by atoms with E-state index in [4.69, 9.17) is 10.5 Å². The molecule has 2 fully saturated rings. The molecule has 0 spiro atoms. The van der Waals surface area contributed by atoms with Crippen LogP contribution in [0.3, 0.4) is 0 Å². The van der Waals surface area contributed by atoms with E-state index in [0.717, 1.165) is 17.5 Å². The van der Waals surface area contributed by atoms with E-state index in [-0.39, 0.29) is 5.91 Å². The normalized spacial score (nSPS) is 19.5. The third-order valence-corrected chi connectivity index (χ3v) is 5.62. The number of hydrogen-bond donors (Lipinski definition) is 3. The fourth-order valence-electron chi connectivity index (χ4n) is 2.87. The zero-order valence-electron chi connectivity index (χ0n) is 11.9. The average molecular weight is 295 g/mol. The van der Waals surface area contributed by atoms with Crippen LogP contribution in [0, 0.1) is 11.3 Å². The summed E-state index contributed by atoms with van der Waals surface area (Å²) in [5.74, 6) is 1.33. The van der Waals surface area contributed by atoms with Gasteiger partial charge < -0.3 is 21.1 Å². The Bertz CT molecular complexity index is 533. The first kappa shape index (κ1) is 13.5. The molecule has 4 N–H and O–H groups in total. The molecule has 20 heavy (non-hydrogen) atoms. The predicted molar refractivity (Wildman–Crippen MR) is 81.6 cm³/mol. The summed E-state index contributed by atoms with van der Waals surface area (Å²) in [5, 5.41) is 6.94. The summed E-state index contributed by atoms with van der Waals surface area (Å²) in [5.41, 5.74) is 6.93. The number of methoxy groups -OCH3 is 1. The molecule has 6 heteroatoms. The van der Waals surface area contributed by atoms with Gasteiger partial charge in [-0.05, 0) is 37.0 Å². The van der Waals surface area contributed by atoms with Gasteiger partial charge in [-0.15, -0.1) is 11.3 Å². The van der Waals surface area contributed by atoms with Gasteiger partial charge >= 0.3 is 0 Å². The molecule has 5 nitrogen and oxygen atoms in total. The van der Waals surface area contributed by atoms with E-state index in [1.54, 1.807) is 14.2 Å². The maximum Gasteiger partial charge on any atom is 0.263 e. The van der Waals surface area contributed by atoms with Crippen molar-refractivity contribution in [2.45, 2.75) is 25.7 Å². The number of carbonyl (C=O) groups is 1. The van der Waals surface area contributed by atoms with Crippen molar-refractivity contribution in [2.24, 2.45) is 11.3 Å². The zero-order valence-corrected chi connectivity index (χ0v) is 12.7. The maximum absolute atomic E-state index is 11.8. The van der Waals surface area contributed by atoms with Gasteiger partial charge in [0.1, 0.15) is 15.6 Å². The second-order valence-electron chi connectivity index (χ2n) is 5.78. The molecule has 2 saturated carbocycles. The quantitative estimate of drug-likeness (QED) is 0.752. The van der Waals surface area contributed by atoms with E-state index < -0.39 is 0 Å². The number of nitrogen functional groups attached to an aromatic ring is 1. The number of nitrogens with one attached hydrogen (secondary N) is 2. The first-order chi connectivity index (χ1) is 9.61. The lowest BCUT2D eigenvalue weighted by Crippen LogP contribution is -2.17. The SMILES string of the molecule is CNC(=O)c1sc(NCC2(C3CC3)CC2)c(OC)c1N. The van der Waals surface area contributed by atoms with E-state index in [1.165, 1.54) is 37.0 Å². The number of nitrogens with two attached hydrogens (primary N) is 1. The molecule has 2 aliphatic carbocycles. The van der Waals surface area contributed by atoms with E-state index in [0.29, 0.717) is 21.7 Å². The van der Waals surface area contributed by atoms with Crippen LogP contribution in [0.5, 0.6) is 5.75 Å². The Kier molecular flexibility index (Phi) is 3.28. The smallest absolute Gasteiger partial charge is 0.263 e. The topological polar surface area (TPSA) is 76.4 Å². The van der Waals surface area contributed by atoms with Gasteiger partial charge in [0.15, 0.2) is 5.75 Å². The molecule has 1 aromatic rings. The predicted octanol–water partition coefficient (Wildman–Crippen LogP) is 2.30. The van der Waals surface area contributed by atoms with Crippen molar-refractivity contribution in [3.05, 3.63) is 4.88 Å². The van der Waals surface area contributed by atoms with Crippen molar-refractivity contribution in [1.29, 1.82) is 0 Å². The number of thiophene rings is 1. The van der Waals surface area contributed by atoms with E-state index >= 15 is 0 Å². The molecule has 1 amide bonds. The average Bonchev–Trinajstić information content (AvgIpc) is 3.33. The van der Waals surface area contributed by atoms with Crippen molar-refractivity contribution >= 4 is 27.9 Å². The van der Waals surface area contributed by atoms with Gasteiger partial charge in [-0.3, -0.25) is 4.79 Å². The van der Waals surface area contributed by atoms with Crippen LogP contribution in [-0.4, -0.2) is 26.6 Å². The molecular weight excluding hydrogens is 274 g/mol. The first-order valence-electron chi connectivity index (χ1n) is 7.03. The van der Waals surface area contributed by atoms with Crippen LogP contribution >= 0.6 is 11.3 Å². The van der Waals surface area contributed by atoms with Crippen LogP contribution in [0.25, 0.3) is 0 Å². The molecule has 1 heterocycles. The van der Waals surface area contributed by atoms with E-state index in [1.807, 2.05) is 0 Å². The Labute approximate surface area is 122 Å². The molecule has 0 radical (unpaired) electrons. The molecule has 1 aromatic heterocycles. The fourth-order valence-corrected chi connectivity index (χ4v) is 3.90. The van der Waals surface area contributed by atoms with Gasteiger partial charge in [-0.25, -0.2) is 0 Å². The maximum atomic E-state index is 11.8. The molecule has 2 aliphatic rings. The minimum Gasteiger partial charge on any atom is -0.492 e. The summed E-state index contributed by atoms with van der Waals surface area (Å²) >= 11 is 1.37. The van der Waals surface area contributed by atoms with Crippen molar-refractivity contribution < 1.29 is 9.53 Å². The largest absolute Gasteiger partial charge is 0.492 e. The molecular formula is C14H21N3O2S. The third kappa shape index (κ3) is 2.22. The minimum atomic E-state index is -0.165. The van der Waals surface area contributed by atoms with Gasteiger partial charge in [-0.2, -0.15) is 0 Å². The second-order valence-corrected chi connectivity index (χ2v) is 6.80. The molecule has 0 atom stereocenters. The molecule has 0 saturated heterocycles. The molecule has 0 aliphatic heterocycles. The van der Waals surface area contributed by atoms with Gasteiger partial charge in [0.25, 0.3) is 5.91 Å². The number of carbonyl (C=O) groups excluding carboxylic acids is 1. The lowest BCUT2D eigenvalue weighted by Gasteiger charge is -2.15. The summed E-state index contributed by atoms with van der Waals surface area (Å²) in [7, 11) is 3.19. The number of hydrogen-bond acceptors (Lipinski definition) is 5. The zero-order chi connectivity index (χ0) is 14.3. The van der Waals surface area contributed by atoms with Crippen LogP contribution in [0.1, 0.15) is 35.4 Å². The summed E-state index contributed by atoms with van der Waals surface area (Å²) in [6, 6.07) is 0. The van der Waals surface area contributed by atoms with Crippen LogP contribution in [0.4, 0.5) is 10.7 Å². The third-order valence-electron chi connectivity index (χ3n) is 4.47. The van der Waals surface area contributed by atoms with Crippen molar-refractivity contribution in [3.8, 4) is 5.75 Å². The first-order valence-corrected chi connectivity index (χ1v) is 7.85. The van der Waals surface area contributed by atoms with Crippen LogP contribution in [-0.2, 0) is 0 Å². The highest BCUT2D eigenvalue weighted by Crippen LogP contribution is 2.61. The van der Waals surface area contributed by atoms with Crippen LogP contribution in [0.15, 0.2) is 0 Å². The molecule has 3 rings (SSSR count). The fraction of sp³-hybridized carbons (Fsp3) is 0.643. The Morgan fingerprint density at radius 2 is 2.20 bits per heavy atom. The Morgan fingerprint density at radius 3 is 2.70 bits per heavy atom. The van der Waals surface area contributed by atoms with Crippen molar-refractivity contribution in [1.82, 2.24) is 5.32 Å². The van der Waals surface area contributed by atoms with Crippen LogP contribution < -0.4 is 21.1 Å². The van der Waals surface area contributed by atoms with Gasteiger partial charge in [0.2, 0.25) is 0 Å². The summed E-state index contributed by atoms with van der Waals surface area (Å²) in [6.45, 7) is 0.959. The molecule has 0 unspecified atom stereocenters. The lowest BCUT2D eigenvalue weighted by atomic mass is 10.0. The summed E-state index contributed by atoms with van der Waals surface area (Å²) in [6.07, 6.45) is 5.37. The van der Waals surface area contributed by atoms with Crippen LogP contribution in [0.2, 0.25) is 0 Å². The van der Waals surface area contributed by atoms with Gasteiger partial charge in [-0.1, -0.05) is 0 Å². The number of ether oxygens (including phenoxy) is 1. The Morgan fingerprint density at radius 1 is 1.50 bits per heavy atom. The Balaban J connectivity index is 1.76. The van der Waals surface area contributed by atoms with Gasteiger partial charge in [0, 0.05) is 13.6 Å². The summed E-state index contributed by atoms with van der Waals surface area (Å²) in [4.78, 5) is 12.3. The van der Waals surface area contributed by atoms with E-state index in [9.17, 15) is 4.79 Å². The van der Waals surface area contributed by atoms with Gasteiger partial charge in [0.05, 0.1) is 7.11 Å². The molecule has 0 bridgehead atoms. The van der Waals surface area contributed by atoms with E-state index in [2.05, 4.69) is 10.6 Å². The van der Waals surface area contributed by atoms with Crippen molar-refractivity contribution in [3.63, 3.8) is 0 Å². The highest BCUT2D eigenvalue weighted by molar-refractivity contribution is 7.19. The molecule has 0 aromatic carbocycles. The highest BCUT2D eigenvalue weighted by Gasteiger charge is 2.53. The number of amides is 1. The molecule has 110 valence electrons. The lowest BCUT2D eigenvalue weighted by molar-refractivity contribution is 0.0967. The number of anilines is 2. The standard InChI is InChI=1S/C14H21N3O2S/c1-16-12(18)11-9(15)10(19-2)13(20-11)17-7-14(5-6-14)8-3-4-8/h8,17H,3-7,15H2,1-2H3,(H,16,18).